The number of carbonyl (C=O) groups is 2. The molecule has 0 unspecified atom stereocenters. The Hall–Kier alpha value is -2.11. The molecular weight excluding hydrogens is 229 g/mol. The Balaban J connectivity index is 2.35. The molecule has 0 bridgehead atoms. The number of rotatable bonds is 4. The van der Waals surface area contributed by atoms with E-state index in [1.807, 2.05) is 5.32 Å². The summed E-state index contributed by atoms with van der Waals surface area (Å²) in [5.74, 6) is -0.912. The van der Waals surface area contributed by atoms with Crippen LogP contribution in [0.25, 0.3) is 0 Å². The molecule has 0 aliphatic rings. The normalized spacial score (nSPS) is 9.53. The largest absolute Gasteiger partial charge is 0.484 e. The monoisotopic (exact) mass is 241 g/mol. The van der Waals surface area contributed by atoms with Crippen LogP contribution in [0.4, 0.5) is 9.18 Å². The second-order valence-corrected chi connectivity index (χ2v) is 3.01. The van der Waals surface area contributed by atoms with E-state index in [0.29, 0.717) is 0 Å². The lowest BCUT2D eigenvalue weighted by molar-refractivity contribution is -0.122. The van der Waals surface area contributed by atoms with Crippen molar-refractivity contribution in [3.05, 3.63) is 30.1 Å². The molecule has 0 spiro atoms. The van der Waals surface area contributed by atoms with Crippen molar-refractivity contribution in [2.75, 3.05) is 13.2 Å². The third-order valence-electron chi connectivity index (χ3n) is 1.68. The van der Waals surface area contributed by atoms with Gasteiger partial charge in [0.15, 0.2) is 6.61 Å². The van der Waals surface area contributed by atoms with Crippen LogP contribution >= 0.6 is 0 Å². The van der Waals surface area contributed by atoms with Gasteiger partial charge in [-0.1, -0.05) is 6.07 Å². The highest BCUT2D eigenvalue weighted by Crippen LogP contribution is 2.11. The average Bonchev–Trinajstić information content (AvgIpc) is 2.27. The minimum absolute atomic E-state index is 0.171. The molecule has 0 atom stereocenters. The summed E-state index contributed by atoms with van der Waals surface area (Å²) in [6, 6.07) is 5.35. The lowest BCUT2D eigenvalue weighted by Crippen LogP contribution is -2.34. The number of ether oxygens (including phenoxy) is 2. The van der Waals surface area contributed by atoms with E-state index in [1.165, 1.54) is 18.2 Å². The van der Waals surface area contributed by atoms with Crippen LogP contribution in [-0.4, -0.2) is 25.2 Å². The van der Waals surface area contributed by atoms with Gasteiger partial charge >= 0.3 is 6.09 Å². The summed E-state index contributed by atoms with van der Waals surface area (Å²) < 4.78 is 22.2. The number of hydrogen-bond donors (Lipinski definition) is 1. The Labute approximate surface area is 97.5 Å². The number of imide groups is 1. The molecule has 0 saturated carbocycles. The first-order valence-electron chi connectivity index (χ1n) is 4.96. The molecule has 92 valence electrons. The van der Waals surface area contributed by atoms with Gasteiger partial charge in [-0.2, -0.15) is 0 Å². The van der Waals surface area contributed by atoms with Crippen molar-refractivity contribution < 1.29 is 23.5 Å². The summed E-state index contributed by atoms with van der Waals surface area (Å²) in [5.41, 5.74) is 0. The standard InChI is InChI=1S/C11H12FNO4/c1-2-16-11(15)13-10(14)7-17-9-5-3-4-8(12)6-9/h3-6H,2,7H2,1H3,(H,13,14,15). The first kappa shape index (κ1) is 13.0. The highest BCUT2D eigenvalue weighted by molar-refractivity contribution is 5.92. The van der Waals surface area contributed by atoms with E-state index in [-0.39, 0.29) is 19.0 Å². The van der Waals surface area contributed by atoms with Gasteiger partial charge in [-0.3, -0.25) is 10.1 Å². The van der Waals surface area contributed by atoms with Gasteiger partial charge in [0.1, 0.15) is 11.6 Å². The predicted molar refractivity (Wildman–Crippen MR) is 57.1 cm³/mol. The van der Waals surface area contributed by atoms with Crippen LogP contribution < -0.4 is 10.1 Å². The number of hydrogen-bond acceptors (Lipinski definition) is 4. The molecule has 0 aromatic heterocycles. The average molecular weight is 241 g/mol. The molecule has 1 N–H and O–H groups in total. The van der Waals surface area contributed by atoms with Crippen molar-refractivity contribution >= 4 is 12.0 Å². The molecule has 0 aliphatic carbocycles. The lowest BCUT2D eigenvalue weighted by atomic mass is 10.3. The maximum Gasteiger partial charge on any atom is 0.413 e. The molecule has 17 heavy (non-hydrogen) atoms. The molecule has 2 amide bonds. The predicted octanol–water partition coefficient (Wildman–Crippen LogP) is 1.48. The number of amides is 2. The fourth-order valence-electron chi connectivity index (χ4n) is 1.02. The molecule has 0 heterocycles. The van der Waals surface area contributed by atoms with E-state index in [0.717, 1.165) is 6.07 Å². The fourth-order valence-corrected chi connectivity index (χ4v) is 1.02. The number of nitrogens with one attached hydrogen (secondary N) is 1. The smallest absolute Gasteiger partial charge is 0.413 e. The number of carbonyl (C=O) groups excluding carboxylic acids is 2. The van der Waals surface area contributed by atoms with Crippen LogP contribution in [-0.2, 0) is 9.53 Å². The van der Waals surface area contributed by atoms with Gasteiger partial charge in [0, 0.05) is 6.07 Å². The van der Waals surface area contributed by atoms with Gasteiger partial charge in [-0.05, 0) is 19.1 Å². The van der Waals surface area contributed by atoms with Crippen LogP contribution in [0.15, 0.2) is 24.3 Å². The van der Waals surface area contributed by atoms with Crippen molar-refractivity contribution in [2.24, 2.45) is 0 Å². The SMILES string of the molecule is CCOC(=O)NC(=O)COc1cccc(F)c1. The molecule has 0 fully saturated rings. The van der Waals surface area contributed by atoms with Crippen LogP contribution in [0.5, 0.6) is 5.75 Å². The third-order valence-corrected chi connectivity index (χ3v) is 1.68. The summed E-state index contributed by atoms with van der Waals surface area (Å²) in [4.78, 5) is 22.0. The van der Waals surface area contributed by atoms with Crippen molar-refractivity contribution in [2.45, 2.75) is 6.92 Å². The second-order valence-electron chi connectivity index (χ2n) is 3.01. The van der Waals surface area contributed by atoms with Crippen molar-refractivity contribution in [1.82, 2.24) is 5.32 Å². The third kappa shape index (κ3) is 4.96. The van der Waals surface area contributed by atoms with E-state index in [2.05, 4.69) is 4.74 Å². The summed E-state index contributed by atoms with van der Waals surface area (Å²) in [6.07, 6.45) is -0.833. The van der Waals surface area contributed by atoms with Crippen LogP contribution in [0.3, 0.4) is 0 Å². The van der Waals surface area contributed by atoms with E-state index in [1.54, 1.807) is 6.92 Å². The summed E-state index contributed by atoms with van der Waals surface area (Å²) in [5, 5.41) is 1.95. The highest BCUT2D eigenvalue weighted by atomic mass is 19.1. The number of benzene rings is 1. The topological polar surface area (TPSA) is 64.6 Å². The Morgan fingerprint density at radius 1 is 1.41 bits per heavy atom. The molecular formula is C11H12FNO4. The Kier molecular flexibility index (Phi) is 4.93. The van der Waals surface area contributed by atoms with Crippen LogP contribution in [0.2, 0.25) is 0 Å². The Morgan fingerprint density at radius 3 is 2.82 bits per heavy atom. The maximum absolute atomic E-state index is 12.7. The summed E-state index contributed by atoms with van der Waals surface area (Å²) in [7, 11) is 0. The highest BCUT2D eigenvalue weighted by Gasteiger charge is 2.08. The van der Waals surface area contributed by atoms with Crippen molar-refractivity contribution in [3.8, 4) is 5.75 Å². The Bertz CT molecular complexity index is 408. The molecule has 1 rings (SSSR count). The summed E-state index contributed by atoms with van der Waals surface area (Å²) in [6.45, 7) is 1.40. The zero-order valence-electron chi connectivity index (χ0n) is 9.23. The van der Waals surface area contributed by atoms with Gasteiger partial charge in [-0.25, -0.2) is 9.18 Å². The molecule has 0 aliphatic heterocycles. The fraction of sp³-hybridized carbons (Fsp3) is 0.273. The quantitative estimate of drug-likeness (QED) is 0.867. The lowest BCUT2D eigenvalue weighted by Gasteiger charge is -2.06. The minimum atomic E-state index is -0.833. The first-order valence-corrected chi connectivity index (χ1v) is 4.96. The maximum atomic E-state index is 12.7. The van der Waals surface area contributed by atoms with E-state index >= 15 is 0 Å². The molecule has 6 heteroatoms. The van der Waals surface area contributed by atoms with Gasteiger partial charge in [-0.15, -0.1) is 0 Å². The number of alkyl carbamates (subject to hydrolysis) is 1. The van der Waals surface area contributed by atoms with Gasteiger partial charge < -0.3 is 9.47 Å². The molecule has 0 saturated heterocycles. The van der Waals surface area contributed by atoms with Crippen LogP contribution in [0, 0.1) is 5.82 Å². The second kappa shape index (κ2) is 6.47. The van der Waals surface area contributed by atoms with E-state index in [9.17, 15) is 14.0 Å². The number of halogens is 1. The van der Waals surface area contributed by atoms with Gasteiger partial charge in [0.05, 0.1) is 6.61 Å². The molecule has 0 radical (unpaired) electrons. The Morgan fingerprint density at radius 2 is 2.18 bits per heavy atom. The first-order chi connectivity index (χ1) is 8.11. The van der Waals surface area contributed by atoms with Crippen LogP contribution in [0.1, 0.15) is 6.92 Å². The van der Waals surface area contributed by atoms with E-state index < -0.39 is 17.8 Å². The molecule has 1 aromatic rings. The molecule has 5 nitrogen and oxygen atoms in total. The van der Waals surface area contributed by atoms with E-state index in [4.69, 9.17) is 4.74 Å². The van der Waals surface area contributed by atoms with Crippen molar-refractivity contribution in [3.63, 3.8) is 0 Å². The zero-order chi connectivity index (χ0) is 12.7. The zero-order valence-corrected chi connectivity index (χ0v) is 9.23. The summed E-state index contributed by atoms with van der Waals surface area (Å²) >= 11 is 0. The van der Waals surface area contributed by atoms with Crippen molar-refractivity contribution in [1.29, 1.82) is 0 Å². The minimum Gasteiger partial charge on any atom is -0.484 e. The molecule has 1 aromatic carbocycles. The van der Waals surface area contributed by atoms with Gasteiger partial charge in [0.2, 0.25) is 0 Å². The van der Waals surface area contributed by atoms with Gasteiger partial charge in [0.25, 0.3) is 5.91 Å².